The summed E-state index contributed by atoms with van der Waals surface area (Å²) in [7, 11) is 0. The fourth-order valence-electron chi connectivity index (χ4n) is 1.96. The number of hydrogen-bond acceptors (Lipinski definition) is 13. The van der Waals surface area contributed by atoms with E-state index < -0.39 is 11.2 Å². The number of thioether (sulfide) groups is 8. The van der Waals surface area contributed by atoms with Gasteiger partial charge in [0.05, 0.1) is 19.2 Å². The zero-order chi connectivity index (χ0) is 25.0. The molecular weight excluding hydrogens is 609 g/mol. The molecule has 204 valence electrons. The molecule has 1 N–H and O–H groups in total. The normalized spacial score (nSPS) is 12.3. The Kier molecular flexibility index (Phi) is 34.4. The van der Waals surface area contributed by atoms with E-state index in [0.29, 0.717) is 24.7 Å². The van der Waals surface area contributed by atoms with E-state index in [2.05, 4.69) is 6.92 Å². The van der Waals surface area contributed by atoms with Crippen LogP contribution in [0.15, 0.2) is 0 Å². The third kappa shape index (κ3) is 30.9. The smallest absolute Gasteiger partial charge is 0.189 e. The van der Waals surface area contributed by atoms with Crippen LogP contribution in [0.5, 0.6) is 0 Å². The fraction of sp³-hybridized carbons (Fsp3) is 0.950. The van der Waals surface area contributed by atoms with Crippen LogP contribution in [-0.2, 0) is 25.7 Å². The summed E-state index contributed by atoms with van der Waals surface area (Å²) in [5, 5.41) is 13.2. The Morgan fingerprint density at radius 3 is 2.12 bits per heavy atom. The number of carbonyl (C=O) groups is 1. The third-order valence-electron chi connectivity index (χ3n) is 3.50. The fourth-order valence-corrected chi connectivity index (χ4v) is 11.7. The van der Waals surface area contributed by atoms with Crippen molar-refractivity contribution in [1.82, 2.24) is 0 Å². The largest absolute Gasteiger partial charge is 0.616 e. The van der Waals surface area contributed by atoms with Crippen LogP contribution in [0.1, 0.15) is 26.2 Å². The van der Waals surface area contributed by atoms with Crippen molar-refractivity contribution in [3.8, 4) is 0 Å². The van der Waals surface area contributed by atoms with Crippen molar-refractivity contribution in [3.05, 3.63) is 0 Å². The van der Waals surface area contributed by atoms with E-state index in [1.165, 1.54) is 23.5 Å². The SMILES string of the molecule is CCC[S+]([O-])CCSCSCSCCSC(=O)CCSCSCSCCCOOCCSCO. The van der Waals surface area contributed by atoms with Crippen molar-refractivity contribution in [2.75, 3.05) is 85.5 Å². The van der Waals surface area contributed by atoms with Crippen LogP contribution < -0.4 is 0 Å². The maximum absolute atomic E-state index is 11.9. The van der Waals surface area contributed by atoms with Crippen LogP contribution in [0.3, 0.4) is 0 Å². The standard InChI is InChI=1S/C20H40O5S9/c1-2-13-34(23)14-12-30-19-32-18-29-10-11-33-20(22)4-8-28-17-31-16-27-7-3-5-24-25-6-9-26-15-21/h21H,2-19H2,1H3. The zero-order valence-corrected chi connectivity index (χ0v) is 27.3. The van der Waals surface area contributed by atoms with Crippen LogP contribution in [0, 0.1) is 0 Å². The summed E-state index contributed by atoms with van der Waals surface area (Å²) in [5.74, 6) is 7.39. The van der Waals surface area contributed by atoms with Gasteiger partial charge < -0.3 is 9.66 Å². The van der Waals surface area contributed by atoms with Gasteiger partial charge in [-0.25, -0.2) is 9.78 Å². The predicted octanol–water partition coefficient (Wildman–Crippen LogP) is 6.05. The molecular formula is C20H40O5S9. The highest BCUT2D eigenvalue weighted by Gasteiger charge is 2.05. The summed E-state index contributed by atoms with van der Waals surface area (Å²) in [6.45, 7) is 3.19. The second-order valence-electron chi connectivity index (χ2n) is 6.37. The molecule has 0 fully saturated rings. The molecule has 0 saturated heterocycles. The molecule has 0 rings (SSSR count). The minimum Gasteiger partial charge on any atom is -0.616 e. The molecule has 0 aliphatic heterocycles. The van der Waals surface area contributed by atoms with Crippen LogP contribution in [0.25, 0.3) is 0 Å². The summed E-state index contributed by atoms with van der Waals surface area (Å²) < 4.78 is 11.5. The number of aliphatic hydroxyl groups is 1. The van der Waals surface area contributed by atoms with Gasteiger partial charge >= 0.3 is 0 Å². The molecule has 34 heavy (non-hydrogen) atoms. The van der Waals surface area contributed by atoms with Crippen molar-refractivity contribution in [1.29, 1.82) is 0 Å². The third-order valence-corrected chi connectivity index (χ3v) is 14.5. The molecule has 0 saturated carbocycles. The van der Waals surface area contributed by atoms with E-state index in [4.69, 9.17) is 14.9 Å². The van der Waals surface area contributed by atoms with Crippen molar-refractivity contribution in [3.63, 3.8) is 0 Å². The van der Waals surface area contributed by atoms with Crippen molar-refractivity contribution < 1.29 is 24.2 Å². The van der Waals surface area contributed by atoms with Gasteiger partial charge in [0.1, 0.15) is 11.5 Å². The van der Waals surface area contributed by atoms with Gasteiger partial charge in [0, 0.05) is 55.5 Å². The lowest BCUT2D eigenvalue weighted by atomic mass is 10.5. The Balaban J connectivity index is 3.18. The Hall–Kier alpha value is 2.66. The molecule has 0 bridgehead atoms. The minimum absolute atomic E-state index is 0.122. The highest BCUT2D eigenvalue weighted by molar-refractivity contribution is 8.23. The number of hydrogen-bond donors (Lipinski definition) is 1. The van der Waals surface area contributed by atoms with E-state index in [9.17, 15) is 9.35 Å². The molecule has 0 aromatic heterocycles. The maximum atomic E-state index is 11.9. The minimum atomic E-state index is -0.631. The summed E-state index contributed by atoms with van der Waals surface area (Å²) in [5.41, 5.74) is 0. The zero-order valence-electron chi connectivity index (χ0n) is 20.0. The summed E-state index contributed by atoms with van der Waals surface area (Å²) in [4.78, 5) is 22.0. The molecule has 0 aliphatic carbocycles. The van der Waals surface area contributed by atoms with Crippen LogP contribution in [0.2, 0.25) is 0 Å². The van der Waals surface area contributed by atoms with Gasteiger partial charge in [-0.15, -0.1) is 47.0 Å². The number of carbonyl (C=O) groups excluding carboxylic acids is 1. The lowest BCUT2D eigenvalue weighted by Crippen LogP contribution is -2.12. The molecule has 0 amide bonds. The van der Waals surface area contributed by atoms with Crippen molar-refractivity contribution in [2.45, 2.75) is 26.2 Å². The van der Waals surface area contributed by atoms with E-state index in [-0.39, 0.29) is 5.94 Å². The Labute approximate surface area is 244 Å². The van der Waals surface area contributed by atoms with Gasteiger partial charge in [-0.2, -0.15) is 35.3 Å². The molecule has 0 aromatic rings. The predicted molar refractivity (Wildman–Crippen MR) is 171 cm³/mol. The first kappa shape index (κ1) is 36.7. The topological polar surface area (TPSA) is 78.8 Å². The lowest BCUT2D eigenvalue weighted by molar-refractivity contribution is -0.289. The molecule has 0 radical (unpaired) electrons. The van der Waals surface area contributed by atoms with E-state index in [1.54, 1.807) is 0 Å². The second kappa shape index (κ2) is 31.9. The molecule has 1 atom stereocenters. The van der Waals surface area contributed by atoms with Crippen molar-refractivity contribution >= 4 is 110 Å². The first-order valence-corrected chi connectivity index (χ1v) is 21.7. The quantitative estimate of drug-likeness (QED) is 0.0352. The average molecular weight is 649 g/mol. The molecule has 0 aromatic carbocycles. The van der Waals surface area contributed by atoms with Gasteiger partial charge in [-0.05, 0) is 18.6 Å². The highest BCUT2D eigenvalue weighted by atomic mass is 32.2. The molecule has 0 aliphatic rings. The molecule has 1 unspecified atom stereocenters. The summed E-state index contributed by atoms with van der Waals surface area (Å²) >= 11 is 13.6. The van der Waals surface area contributed by atoms with Gasteiger partial charge in [0.25, 0.3) is 0 Å². The highest BCUT2D eigenvalue weighted by Crippen LogP contribution is 2.21. The van der Waals surface area contributed by atoms with Crippen LogP contribution in [0.4, 0.5) is 0 Å². The average Bonchev–Trinajstić information content (AvgIpc) is 2.83. The molecule has 0 spiro atoms. The Morgan fingerprint density at radius 2 is 1.41 bits per heavy atom. The van der Waals surface area contributed by atoms with E-state index in [1.807, 2.05) is 70.6 Å². The van der Waals surface area contributed by atoms with Gasteiger partial charge in [0.15, 0.2) is 5.12 Å². The summed E-state index contributed by atoms with van der Waals surface area (Å²) in [6, 6.07) is 0. The monoisotopic (exact) mass is 648 g/mol. The van der Waals surface area contributed by atoms with Gasteiger partial charge in [0.2, 0.25) is 0 Å². The van der Waals surface area contributed by atoms with E-state index >= 15 is 0 Å². The first-order valence-electron chi connectivity index (χ1n) is 11.1. The maximum Gasteiger partial charge on any atom is 0.189 e. The number of aliphatic hydroxyl groups excluding tert-OH is 1. The second-order valence-corrected chi connectivity index (χ2v) is 18.1. The molecule has 0 heterocycles. The van der Waals surface area contributed by atoms with Gasteiger partial charge in [-0.1, -0.05) is 29.9 Å². The molecule has 5 nitrogen and oxygen atoms in total. The summed E-state index contributed by atoms with van der Waals surface area (Å²) in [6.07, 6.45) is 2.63. The van der Waals surface area contributed by atoms with E-state index in [0.717, 1.165) is 79.2 Å². The Morgan fingerprint density at radius 1 is 0.765 bits per heavy atom. The van der Waals surface area contributed by atoms with Crippen LogP contribution >= 0.6 is 94.1 Å². The number of rotatable bonds is 28. The Bertz CT molecular complexity index is 428. The molecule has 14 heteroatoms. The van der Waals surface area contributed by atoms with Crippen molar-refractivity contribution in [2.24, 2.45) is 0 Å². The van der Waals surface area contributed by atoms with Crippen LogP contribution in [-0.4, -0.2) is 100 Å². The van der Waals surface area contributed by atoms with Gasteiger partial charge in [-0.3, -0.25) is 4.79 Å². The first-order chi connectivity index (χ1) is 16.7. The lowest BCUT2D eigenvalue weighted by Gasteiger charge is -2.09.